The Bertz CT molecular complexity index is 662. The van der Waals surface area contributed by atoms with E-state index in [4.69, 9.17) is 10.5 Å². The molecule has 0 bridgehead atoms. The zero-order valence-electron chi connectivity index (χ0n) is 14.5. The molecular formula is C19H26N4O. The number of benzene rings is 1. The molecule has 2 N–H and O–H groups in total. The lowest BCUT2D eigenvalue weighted by Crippen LogP contribution is -2.26. The molecule has 1 fully saturated rings. The molecule has 24 heavy (non-hydrogen) atoms. The lowest BCUT2D eigenvalue weighted by molar-refractivity contribution is 0.463. The van der Waals surface area contributed by atoms with E-state index < -0.39 is 0 Å². The first-order valence-electron chi connectivity index (χ1n) is 8.78. The maximum Gasteiger partial charge on any atom is 0.248 e. The summed E-state index contributed by atoms with van der Waals surface area (Å²) in [4.78, 5) is 10.9. The summed E-state index contributed by atoms with van der Waals surface area (Å²) >= 11 is 0. The van der Waals surface area contributed by atoms with E-state index >= 15 is 0 Å². The average molecular weight is 326 g/mol. The van der Waals surface area contributed by atoms with E-state index in [0.29, 0.717) is 17.5 Å². The molecular weight excluding hydrogens is 300 g/mol. The normalized spacial score (nSPS) is 15.4. The molecule has 5 nitrogen and oxygen atoms in total. The Morgan fingerprint density at radius 1 is 1.00 bits per heavy atom. The minimum atomic E-state index is 0.432. The number of nitrogens with two attached hydrogens (primary N) is 1. The Morgan fingerprint density at radius 2 is 1.67 bits per heavy atom. The quantitative estimate of drug-likeness (QED) is 0.904. The summed E-state index contributed by atoms with van der Waals surface area (Å²) in [5.41, 5.74) is 8.10. The largest absolute Gasteiger partial charge is 0.437 e. The fourth-order valence-electron chi connectivity index (χ4n) is 3.02. The van der Waals surface area contributed by atoms with Gasteiger partial charge >= 0.3 is 0 Å². The van der Waals surface area contributed by atoms with Gasteiger partial charge in [-0.3, -0.25) is 0 Å². The van der Waals surface area contributed by atoms with Crippen LogP contribution < -0.4 is 15.4 Å². The molecule has 0 unspecified atom stereocenters. The van der Waals surface area contributed by atoms with Crippen LogP contribution in [0.2, 0.25) is 0 Å². The third-order valence-corrected chi connectivity index (χ3v) is 4.49. The van der Waals surface area contributed by atoms with Gasteiger partial charge in [-0.1, -0.05) is 38.8 Å². The van der Waals surface area contributed by atoms with Crippen molar-refractivity contribution in [1.29, 1.82) is 0 Å². The summed E-state index contributed by atoms with van der Waals surface area (Å²) in [7, 11) is 0. The van der Waals surface area contributed by atoms with Crippen molar-refractivity contribution in [3.05, 3.63) is 36.2 Å². The van der Waals surface area contributed by atoms with Crippen LogP contribution in [0.4, 0.5) is 11.5 Å². The van der Waals surface area contributed by atoms with Gasteiger partial charge in [-0.15, -0.1) is 0 Å². The van der Waals surface area contributed by atoms with E-state index in [1.807, 2.05) is 12.1 Å². The van der Waals surface area contributed by atoms with E-state index in [2.05, 4.69) is 40.8 Å². The molecule has 0 radical (unpaired) electrons. The smallest absolute Gasteiger partial charge is 0.248 e. The van der Waals surface area contributed by atoms with Crippen LogP contribution in [-0.4, -0.2) is 23.1 Å². The SMILES string of the molecule is CC(C)c1ccc(Oc2ncnc(N3CCCCCC3)c2N)cc1. The van der Waals surface area contributed by atoms with Crippen molar-refractivity contribution >= 4 is 11.5 Å². The molecule has 1 saturated heterocycles. The molecule has 2 aromatic rings. The third kappa shape index (κ3) is 3.78. The molecule has 2 heterocycles. The summed E-state index contributed by atoms with van der Waals surface area (Å²) in [5.74, 6) is 2.46. The summed E-state index contributed by atoms with van der Waals surface area (Å²) in [6.07, 6.45) is 6.43. The number of hydrogen-bond acceptors (Lipinski definition) is 5. The fourth-order valence-corrected chi connectivity index (χ4v) is 3.02. The van der Waals surface area contributed by atoms with Crippen molar-refractivity contribution in [2.45, 2.75) is 45.4 Å². The Hall–Kier alpha value is -2.30. The second kappa shape index (κ2) is 7.51. The van der Waals surface area contributed by atoms with E-state index in [-0.39, 0.29) is 0 Å². The highest BCUT2D eigenvalue weighted by Crippen LogP contribution is 2.32. The van der Waals surface area contributed by atoms with E-state index in [1.165, 1.54) is 37.6 Å². The van der Waals surface area contributed by atoms with Gasteiger partial charge in [0.15, 0.2) is 5.82 Å². The van der Waals surface area contributed by atoms with Crippen LogP contribution in [0.5, 0.6) is 11.6 Å². The third-order valence-electron chi connectivity index (χ3n) is 4.49. The highest BCUT2D eigenvalue weighted by Gasteiger charge is 2.17. The number of hydrogen-bond donors (Lipinski definition) is 1. The van der Waals surface area contributed by atoms with Gasteiger partial charge in [0, 0.05) is 13.1 Å². The first kappa shape index (κ1) is 16.6. The fraction of sp³-hybridized carbons (Fsp3) is 0.474. The number of ether oxygens (including phenoxy) is 1. The van der Waals surface area contributed by atoms with E-state index in [1.54, 1.807) is 0 Å². The Morgan fingerprint density at radius 3 is 2.29 bits per heavy atom. The van der Waals surface area contributed by atoms with Crippen LogP contribution in [0.15, 0.2) is 30.6 Å². The first-order chi connectivity index (χ1) is 11.6. The molecule has 3 rings (SSSR count). The average Bonchev–Trinajstić information content (AvgIpc) is 2.86. The minimum absolute atomic E-state index is 0.432. The molecule has 5 heteroatoms. The molecule has 0 amide bonds. The topological polar surface area (TPSA) is 64.3 Å². The number of anilines is 2. The van der Waals surface area contributed by atoms with Crippen molar-refractivity contribution in [2.24, 2.45) is 0 Å². The molecule has 0 atom stereocenters. The van der Waals surface area contributed by atoms with E-state index in [9.17, 15) is 0 Å². The maximum atomic E-state index is 6.30. The number of rotatable bonds is 4. The zero-order valence-corrected chi connectivity index (χ0v) is 14.5. The van der Waals surface area contributed by atoms with Crippen molar-refractivity contribution < 1.29 is 4.74 Å². The van der Waals surface area contributed by atoms with Crippen LogP contribution in [0, 0.1) is 0 Å². The second-order valence-electron chi connectivity index (χ2n) is 6.64. The molecule has 0 spiro atoms. The standard InChI is InChI=1S/C19H26N4O/c1-14(2)15-7-9-16(10-8-15)24-19-17(20)18(21-13-22-19)23-11-5-3-4-6-12-23/h7-10,13-14H,3-6,11-12,20H2,1-2H3. The molecule has 1 aromatic heterocycles. The molecule has 0 aliphatic carbocycles. The van der Waals surface area contributed by atoms with Gasteiger partial charge in [-0.25, -0.2) is 4.98 Å². The van der Waals surface area contributed by atoms with E-state index in [0.717, 1.165) is 24.7 Å². The Kier molecular flexibility index (Phi) is 5.18. The highest BCUT2D eigenvalue weighted by molar-refractivity contribution is 5.68. The van der Waals surface area contributed by atoms with Gasteiger partial charge in [-0.2, -0.15) is 4.98 Å². The molecule has 0 saturated carbocycles. The molecule has 1 aliphatic rings. The predicted molar refractivity (Wildman–Crippen MR) is 97.7 cm³/mol. The Balaban J connectivity index is 1.79. The number of nitrogen functional groups attached to an aromatic ring is 1. The van der Waals surface area contributed by atoms with Crippen molar-refractivity contribution in [1.82, 2.24) is 9.97 Å². The van der Waals surface area contributed by atoms with Crippen molar-refractivity contribution in [3.63, 3.8) is 0 Å². The highest BCUT2D eigenvalue weighted by atomic mass is 16.5. The van der Waals surface area contributed by atoms with Crippen molar-refractivity contribution in [2.75, 3.05) is 23.7 Å². The lowest BCUT2D eigenvalue weighted by Gasteiger charge is -2.23. The van der Waals surface area contributed by atoms with Gasteiger partial charge in [-0.05, 0) is 36.5 Å². The summed E-state index contributed by atoms with van der Waals surface area (Å²) in [6, 6.07) is 8.07. The molecule has 128 valence electrons. The minimum Gasteiger partial charge on any atom is -0.437 e. The van der Waals surface area contributed by atoms with Crippen LogP contribution in [0.1, 0.15) is 51.0 Å². The lowest BCUT2D eigenvalue weighted by atomic mass is 10.0. The number of nitrogens with zero attached hydrogens (tertiary/aromatic N) is 3. The zero-order chi connectivity index (χ0) is 16.9. The first-order valence-corrected chi connectivity index (χ1v) is 8.78. The second-order valence-corrected chi connectivity index (χ2v) is 6.64. The van der Waals surface area contributed by atoms with Gasteiger partial charge < -0.3 is 15.4 Å². The van der Waals surface area contributed by atoms with Gasteiger partial charge in [0.25, 0.3) is 0 Å². The monoisotopic (exact) mass is 326 g/mol. The molecule has 1 aromatic carbocycles. The van der Waals surface area contributed by atoms with Crippen LogP contribution in [0.25, 0.3) is 0 Å². The van der Waals surface area contributed by atoms with Gasteiger partial charge in [0.2, 0.25) is 5.88 Å². The van der Waals surface area contributed by atoms with Crippen LogP contribution in [-0.2, 0) is 0 Å². The van der Waals surface area contributed by atoms with Crippen LogP contribution in [0.3, 0.4) is 0 Å². The number of aromatic nitrogens is 2. The van der Waals surface area contributed by atoms with Crippen molar-refractivity contribution in [3.8, 4) is 11.6 Å². The maximum absolute atomic E-state index is 6.30. The molecule has 1 aliphatic heterocycles. The predicted octanol–water partition coefficient (Wildman–Crippen LogP) is 4.35. The summed E-state index contributed by atoms with van der Waals surface area (Å²) < 4.78 is 5.90. The summed E-state index contributed by atoms with van der Waals surface area (Å²) in [5, 5.41) is 0. The van der Waals surface area contributed by atoms with Crippen LogP contribution >= 0.6 is 0 Å². The Labute approximate surface area is 143 Å². The summed E-state index contributed by atoms with van der Waals surface area (Å²) in [6.45, 7) is 6.32. The van der Waals surface area contributed by atoms with Gasteiger partial charge in [0.05, 0.1) is 0 Å². The van der Waals surface area contributed by atoms with Gasteiger partial charge in [0.1, 0.15) is 17.8 Å².